The highest BCUT2D eigenvalue weighted by atomic mass is 16.5. The summed E-state index contributed by atoms with van der Waals surface area (Å²) in [4.78, 5) is 0. The Hall–Kier alpha value is -0.800. The molecule has 0 aliphatic heterocycles. The molecule has 3 heteroatoms. The third kappa shape index (κ3) is 3.36. The fraction of sp³-hybridized carbons (Fsp3) is 0.733. The summed E-state index contributed by atoms with van der Waals surface area (Å²) in [5.74, 6) is 1.17. The molecule has 18 heavy (non-hydrogen) atoms. The Labute approximate surface area is 110 Å². The van der Waals surface area contributed by atoms with E-state index in [4.69, 9.17) is 9.15 Å². The Morgan fingerprint density at radius 3 is 3.11 bits per heavy atom. The molecule has 3 nitrogen and oxygen atoms in total. The van der Waals surface area contributed by atoms with Gasteiger partial charge in [-0.25, -0.2) is 0 Å². The number of hydrogen-bond acceptors (Lipinski definition) is 3. The molecular formula is C15H25NO2. The molecule has 102 valence electrons. The lowest BCUT2D eigenvalue weighted by Gasteiger charge is -2.30. The van der Waals surface area contributed by atoms with Crippen molar-refractivity contribution in [3.63, 3.8) is 0 Å². The van der Waals surface area contributed by atoms with Crippen molar-refractivity contribution in [1.82, 2.24) is 5.32 Å². The molecule has 1 heterocycles. The highest BCUT2D eigenvalue weighted by Gasteiger charge is 2.25. The normalized spacial score (nSPS) is 19.8. The standard InChI is InChI=1S/C15H25NO2/c1-15(2,8-10-17-3)11-16-13-5-4-6-14-12(13)7-9-18-14/h7,9,13,16H,4-6,8,10-11H2,1-3H3. The molecule has 2 rings (SSSR count). The Morgan fingerprint density at radius 2 is 2.33 bits per heavy atom. The van der Waals surface area contributed by atoms with Gasteiger partial charge in [-0.05, 0) is 30.7 Å². The maximum atomic E-state index is 5.52. The maximum absolute atomic E-state index is 5.52. The van der Waals surface area contributed by atoms with Crippen molar-refractivity contribution in [2.24, 2.45) is 5.41 Å². The van der Waals surface area contributed by atoms with Gasteiger partial charge in [0.2, 0.25) is 0 Å². The molecule has 1 atom stereocenters. The minimum absolute atomic E-state index is 0.275. The van der Waals surface area contributed by atoms with Crippen molar-refractivity contribution in [3.05, 3.63) is 23.7 Å². The molecule has 1 unspecified atom stereocenters. The molecule has 0 saturated heterocycles. The van der Waals surface area contributed by atoms with Crippen molar-refractivity contribution < 1.29 is 9.15 Å². The number of fused-ring (bicyclic) bond motifs is 1. The van der Waals surface area contributed by atoms with E-state index < -0.39 is 0 Å². The van der Waals surface area contributed by atoms with Crippen molar-refractivity contribution in [2.75, 3.05) is 20.3 Å². The average Bonchev–Trinajstić information content (AvgIpc) is 2.82. The van der Waals surface area contributed by atoms with Gasteiger partial charge in [-0.3, -0.25) is 0 Å². The number of aryl methyl sites for hydroxylation is 1. The molecule has 0 spiro atoms. The van der Waals surface area contributed by atoms with Crippen LogP contribution in [0.4, 0.5) is 0 Å². The van der Waals surface area contributed by atoms with E-state index in [9.17, 15) is 0 Å². The lowest BCUT2D eigenvalue weighted by Crippen LogP contribution is -2.34. The fourth-order valence-corrected chi connectivity index (χ4v) is 2.56. The summed E-state index contributed by atoms with van der Waals surface area (Å²) in [6.45, 7) is 6.43. The molecule has 1 aliphatic rings. The number of rotatable bonds is 6. The van der Waals surface area contributed by atoms with Gasteiger partial charge < -0.3 is 14.5 Å². The van der Waals surface area contributed by atoms with E-state index in [0.717, 1.165) is 26.0 Å². The van der Waals surface area contributed by atoms with Crippen LogP contribution in [0, 0.1) is 5.41 Å². The van der Waals surface area contributed by atoms with Crippen LogP contribution in [-0.4, -0.2) is 20.3 Å². The van der Waals surface area contributed by atoms with E-state index in [0.29, 0.717) is 6.04 Å². The van der Waals surface area contributed by atoms with Crippen LogP contribution in [0.2, 0.25) is 0 Å². The molecule has 1 aromatic heterocycles. The molecule has 0 fully saturated rings. The number of hydrogen-bond donors (Lipinski definition) is 1. The molecule has 1 aliphatic carbocycles. The zero-order valence-electron chi connectivity index (χ0n) is 11.8. The van der Waals surface area contributed by atoms with Crippen molar-refractivity contribution >= 4 is 0 Å². The first kappa shape index (κ1) is 13.6. The van der Waals surface area contributed by atoms with Gasteiger partial charge in [0, 0.05) is 38.3 Å². The monoisotopic (exact) mass is 251 g/mol. The lowest BCUT2D eigenvalue weighted by molar-refractivity contribution is 0.148. The van der Waals surface area contributed by atoms with E-state index in [1.807, 2.05) is 6.26 Å². The minimum Gasteiger partial charge on any atom is -0.469 e. The second kappa shape index (κ2) is 5.89. The van der Waals surface area contributed by atoms with Crippen LogP contribution in [0.5, 0.6) is 0 Å². The molecule has 0 bridgehead atoms. The zero-order chi connectivity index (χ0) is 13.0. The number of ether oxygens (including phenoxy) is 1. The van der Waals surface area contributed by atoms with E-state index in [2.05, 4.69) is 25.2 Å². The van der Waals surface area contributed by atoms with Gasteiger partial charge >= 0.3 is 0 Å². The largest absolute Gasteiger partial charge is 0.469 e. The SMILES string of the molecule is COCCC(C)(C)CNC1CCCc2occc21. The summed E-state index contributed by atoms with van der Waals surface area (Å²) in [5, 5.41) is 3.70. The van der Waals surface area contributed by atoms with Crippen LogP contribution >= 0.6 is 0 Å². The van der Waals surface area contributed by atoms with Gasteiger partial charge in [0.1, 0.15) is 5.76 Å². The summed E-state index contributed by atoms with van der Waals surface area (Å²) in [7, 11) is 1.77. The maximum Gasteiger partial charge on any atom is 0.108 e. The van der Waals surface area contributed by atoms with Crippen LogP contribution in [-0.2, 0) is 11.2 Å². The van der Waals surface area contributed by atoms with E-state index in [-0.39, 0.29) is 5.41 Å². The van der Waals surface area contributed by atoms with Gasteiger partial charge in [0.15, 0.2) is 0 Å². The smallest absolute Gasteiger partial charge is 0.108 e. The second-order valence-electron chi connectivity index (χ2n) is 6.03. The summed E-state index contributed by atoms with van der Waals surface area (Å²) in [5.41, 5.74) is 1.64. The van der Waals surface area contributed by atoms with Gasteiger partial charge in [-0.2, -0.15) is 0 Å². The second-order valence-corrected chi connectivity index (χ2v) is 6.03. The van der Waals surface area contributed by atoms with Crippen molar-refractivity contribution in [1.29, 1.82) is 0 Å². The summed E-state index contributed by atoms with van der Waals surface area (Å²) >= 11 is 0. The Balaban J connectivity index is 1.88. The van der Waals surface area contributed by atoms with E-state index in [1.54, 1.807) is 7.11 Å². The van der Waals surface area contributed by atoms with Crippen molar-refractivity contribution in [2.45, 2.75) is 45.6 Å². The summed E-state index contributed by atoms with van der Waals surface area (Å²) in [6, 6.07) is 2.59. The molecule has 1 aromatic rings. The van der Waals surface area contributed by atoms with Gasteiger partial charge in [0.25, 0.3) is 0 Å². The first-order chi connectivity index (χ1) is 8.62. The Kier molecular flexibility index (Phi) is 4.46. The van der Waals surface area contributed by atoms with Crippen molar-refractivity contribution in [3.8, 4) is 0 Å². The van der Waals surface area contributed by atoms with E-state index in [1.165, 1.54) is 24.2 Å². The summed E-state index contributed by atoms with van der Waals surface area (Å²) < 4.78 is 10.7. The third-order valence-corrected chi connectivity index (χ3v) is 3.86. The van der Waals surface area contributed by atoms with Crippen LogP contribution in [0.1, 0.15) is 50.5 Å². The molecule has 1 N–H and O–H groups in total. The Bertz CT molecular complexity index is 370. The topological polar surface area (TPSA) is 34.4 Å². The fourth-order valence-electron chi connectivity index (χ4n) is 2.56. The van der Waals surface area contributed by atoms with Crippen LogP contribution in [0.15, 0.2) is 16.7 Å². The molecule has 0 amide bonds. The number of nitrogens with one attached hydrogen (secondary N) is 1. The predicted octanol–water partition coefficient (Wildman–Crippen LogP) is 3.31. The first-order valence-electron chi connectivity index (χ1n) is 6.91. The highest BCUT2D eigenvalue weighted by Crippen LogP contribution is 2.31. The predicted molar refractivity (Wildman–Crippen MR) is 72.7 cm³/mol. The third-order valence-electron chi connectivity index (χ3n) is 3.86. The first-order valence-corrected chi connectivity index (χ1v) is 6.91. The average molecular weight is 251 g/mol. The lowest BCUT2D eigenvalue weighted by atomic mass is 9.87. The quantitative estimate of drug-likeness (QED) is 0.842. The summed E-state index contributed by atoms with van der Waals surface area (Å²) in [6.07, 6.45) is 6.43. The number of furan rings is 1. The van der Waals surface area contributed by atoms with Gasteiger partial charge in [0.05, 0.1) is 6.26 Å². The van der Waals surface area contributed by atoms with Gasteiger partial charge in [-0.15, -0.1) is 0 Å². The Morgan fingerprint density at radius 1 is 1.50 bits per heavy atom. The van der Waals surface area contributed by atoms with Crippen LogP contribution in [0.3, 0.4) is 0 Å². The van der Waals surface area contributed by atoms with E-state index >= 15 is 0 Å². The molecule has 0 saturated carbocycles. The zero-order valence-corrected chi connectivity index (χ0v) is 11.8. The molecular weight excluding hydrogens is 226 g/mol. The van der Waals surface area contributed by atoms with Crippen LogP contribution in [0.25, 0.3) is 0 Å². The highest BCUT2D eigenvalue weighted by molar-refractivity contribution is 5.24. The molecule has 0 radical (unpaired) electrons. The van der Waals surface area contributed by atoms with Crippen LogP contribution < -0.4 is 5.32 Å². The number of methoxy groups -OCH3 is 1. The molecule has 0 aromatic carbocycles. The van der Waals surface area contributed by atoms with Gasteiger partial charge in [-0.1, -0.05) is 13.8 Å². The minimum atomic E-state index is 0.275.